The van der Waals surface area contributed by atoms with Crippen molar-refractivity contribution in [1.82, 2.24) is 10.2 Å². The third-order valence-corrected chi connectivity index (χ3v) is 3.89. The molecule has 1 amide bonds. The van der Waals surface area contributed by atoms with Crippen molar-refractivity contribution in [2.45, 2.75) is 38.8 Å². The van der Waals surface area contributed by atoms with Crippen LogP contribution in [0.2, 0.25) is 0 Å². The second-order valence-electron chi connectivity index (χ2n) is 5.96. The minimum atomic E-state index is -0.648. The lowest BCUT2D eigenvalue weighted by Gasteiger charge is -2.26. The summed E-state index contributed by atoms with van der Waals surface area (Å²) in [5.74, 6) is 0.157. The molecule has 0 aromatic heterocycles. The number of hydrogen-bond donors (Lipinski definition) is 1. The number of carbonyl (C=O) groups is 2. The highest BCUT2D eigenvalue weighted by molar-refractivity contribution is 5.89. The van der Waals surface area contributed by atoms with Crippen LogP contribution in [-0.4, -0.2) is 46.9 Å². The van der Waals surface area contributed by atoms with E-state index >= 15 is 0 Å². The highest BCUT2D eigenvalue weighted by Crippen LogP contribution is 2.18. The number of halogens is 1. The van der Waals surface area contributed by atoms with Crippen molar-refractivity contribution in [3.05, 3.63) is 34.4 Å². The molecular weight excluding hydrogens is 350 g/mol. The molecule has 1 heterocycles. The van der Waals surface area contributed by atoms with E-state index in [1.165, 1.54) is 29.2 Å². The van der Waals surface area contributed by atoms with Crippen LogP contribution >= 0.6 is 12.4 Å². The molecule has 9 heteroatoms. The first-order valence-corrected chi connectivity index (χ1v) is 7.87. The van der Waals surface area contributed by atoms with Crippen LogP contribution < -0.4 is 10.1 Å². The number of amides is 1. The second-order valence-corrected chi connectivity index (χ2v) is 5.96. The molecule has 1 atom stereocenters. The Hall–Kier alpha value is -2.19. The summed E-state index contributed by atoms with van der Waals surface area (Å²) in [6, 6.07) is 4.81. The molecule has 25 heavy (non-hydrogen) atoms. The Morgan fingerprint density at radius 2 is 2.00 bits per heavy atom. The molecule has 0 spiro atoms. The zero-order valence-corrected chi connectivity index (χ0v) is 15.0. The first-order chi connectivity index (χ1) is 11.4. The highest BCUT2D eigenvalue weighted by atomic mass is 35.5. The molecule has 0 radical (unpaired) electrons. The topological polar surface area (TPSA) is 102 Å². The molecule has 0 aliphatic carbocycles. The van der Waals surface area contributed by atoms with Crippen molar-refractivity contribution in [1.29, 1.82) is 0 Å². The van der Waals surface area contributed by atoms with E-state index in [0.717, 1.165) is 19.4 Å². The largest absolute Gasteiger partial charge is 0.415 e. The van der Waals surface area contributed by atoms with E-state index < -0.39 is 11.0 Å². The van der Waals surface area contributed by atoms with Gasteiger partial charge in [-0.1, -0.05) is 0 Å². The van der Waals surface area contributed by atoms with Crippen molar-refractivity contribution < 1.29 is 19.2 Å². The molecule has 2 rings (SSSR count). The van der Waals surface area contributed by atoms with E-state index in [2.05, 4.69) is 5.32 Å². The van der Waals surface area contributed by atoms with Gasteiger partial charge in [0, 0.05) is 18.2 Å². The summed E-state index contributed by atoms with van der Waals surface area (Å²) >= 11 is 0. The molecular formula is C16H22ClN3O5. The van der Waals surface area contributed by atoms with E-state index in [9.17, 15) is 19.7 Å². The summed E-state index contributed by atoms with van der Waals surface area (Å²) < 4.78 is 5.23. The smallest absolute Gasteiger partial charge is 0.410 e. The normalized spacial score (nSPS) is 16.2. The molecule has 1 saturated heterocycles. The van der Waals surface area contributed by atoms with Crippen molar-refractivity contribution in [3.63, 3.8) is 0 Å². The number of carbonyl (C=O) groups excluding carboxylic acids is 2. The van der Waals surface area contributed by atoms with Gasteiger partial charge in [-0.25, -0.2) is 4.79 Å². The SMILES string of the molecule is CC(C)N(CC(=O)[C@H]1CCCN1)C(=O)Oc1ccc([N+](=O)[O-])cc1.Cl. The van der Waals surface area contributed by atoms with Crippen molar-refractivity contribution in [3.8, 4) is 5.75 Å². The first-order valence-electron chi connectivity index (χ1n) is 7.87. The maximum absolute atomic E-state index is 12.3. The van der Waals surface area contributed by atoms with E-state index in [-0.39, 0.29) is 48.3 Å². The van der Waals surface area contributed by atoms with Crippen LogP contribution in [0.25, 0.3) is 0 Å². The molecule has 1 aliphatic rings. The fourth-order valence-electron chi connectivity index (χ4n) is 2.49. The lowest BCUT2D eigenvalue weighted by Crippen LogP contribution is -2.46. The summed E-state index contributed by atoms with van der Waals surface area (Å²) in [5, 5.41) is 13.7. The number of nitrogens with zero attached hydrogens (tertiary/aromatic N) is 2. The van der Waals surface area contributed by atoms with E-state index in [1.54, 1.807) is 13.8 Å². The van der Waals surface area contributed by atoms with Gasteiger partial charge >= 0.3 is 6.09 Å². The Bertz CT molecular complexity index is 615. The molecule has 0 bridgehead atoms. The quantitative estimate of drug-likeness (QED) is 0.609. The minimum Gasteiger partial charge on any atom is -0.410 e. The van der Waals surface area contributed by atoms with Crippen LogP contribution in [0.1, 0.15) is 26.7 Å². The molecule has 1 fully saturated rings. The molecule has 0 saturated carbocycles. The zero-order chi connectivity index (χ0) is 17.7. The fraction of sp³-hybridized carbons (Fsp3) is 0.500. The van der Waals surface area contributed by atoms with Gasteiger partial charge < -0.3 is 10.1 Å². The van der Waals surface area contributed by atoms with Gasteiger partial charge in [-0.05, 0) is 45.4 Å². The van der Waals surface area contributed by atoms with Crippen LogP contribution in [-0.2, 0) is 4.79 Å². The van der Waals surface area contributed by atoms with Gasteiger partial charge in [0.05, 0.1) is 17.5 Å². The van der Waals surface area contributed by atoms with Gasteiger partial charge in [0.1, 0.15) is 5.75 Å². The summed E-state index contributed by atoms with van der Waals surface area (Å²) in [5.41, 5.74) is -0.0852. The lowest BCUT2D eigenvalue weighted by atomic mass is 10.1. The number of non-ortho nitro benzene ring substituents is 1. The minimum absolute atomic E-state index is 0. The van der Waals surface area contributed by atoms with Crippen LogP contribution in [0.5, 0.6) is 5.75 Å². The van der Waals surface area contributed by atoms with Gasteiger partial charge in [-0.15, -0.1) is 12.4 Å². The monoisotopic (exact) mass is 371 g/mol. The standard InChI is InChI=1S/C16H21N3O5.ClH/c1-11(2)18(10-15(20)14-4-3-9-17-14)16(21)24-13-7-5-12(6-8-13)19(22)23;/h5-8,11,14,17H,3-4,9-10H2,1-2H3;1H/t14-;/m1./s1. The van der Waals surface area contributed by atoms with Crippen LogP contribution in [0, 0.1) is 10.1 Å². The maximum Gasteiger partial charge on any atom is 0.415 e. The summed E-state index contributed by atoms with van der Waals surface area (Å²) in [6.07, 6.45) is 1.08. The first kappa shape index (κ1) is 20.9. The predicted octanol–water partition coefficient (Wildman–Crippen LogP) is 2.55. The Kier molecular flexibility index (Phi) is 7.79. The molecule has 1 aliphatic heterocycles. The second kappa shape index (κ2) is 9.33. The summed E-state index contributed by atoms with van der Waals surface area (Å²) in [7, 11) is 0. The molecule has 1 N–H and O–H groups in total. The summed E-state index contributed by atoms with van der Waals surface area (Å²) in [6.45, 7) is 4.38. The van der Waals surface area contributed by atoms with Crippen molar-refractivity contribution in [2.75, 3.05) is 13.1 Å². The maximum atomic E-state index is 12.3. The van der Waals surface area contributed by atoms with Gasteiger partial charge in [0.25, 0.3) is 5.69 Å². The average Bonchev–Trinajstić information content (AvgIpc) is 3.07. The Morgan fingerprint density at radius 1 is 1.36 bits per heavy atom. The van der Waals surface area contributed by atoms with Crippen LogP contribution in [0.4, 0.5) is 10.5 Å². The van der Waals surface area contributed by atoms with Crippen molar-refractivity contribution in [2.24, 2.45) is 0 Å². The molecule has 1 aromatic carbocycles. The highest BCUT2D eigenvalue weighted by Gasteiger charge is 2.28. The third kappa shape index (κ3) is 5.68. The van der Waals surface area contributed by atoms with Gasteiger partial charge in [-0.2, -0.15) is 0 Å². The number of ketones is 1. The van der Waals surface area contributed by atoms with E-state index in [4.69, 9.17) is 4.74 Å². The third-order valence-electron chi connectivity index (χ3n) is 3.89. The van der Waals surface area contributed by atoms with Crippen LogP contribution in [0.15, 0.2) is 24.3 Å². The van der Waals surface area contributed by atoms with Gasteiger partial charge in [0.15, 0.2) is 5.78 Å². The number of rotatable bonds is 6. The van der Waals surface area contributed by atoms with E-state index in [0.29, 0.717) is 0 Å². The number of nitro groups is 1. The Morgan fingerprint density at radius 3 is 2.48 bits per heavy atom. The Balaban J connectivity index is 0.00000312. The van der Waals surface area contributed by atoms with Crippen LogP contribution in [0.3, 0.4) is 0 Å². The molecule has 1 aromatic rings. The Labute approximate surface area is 152 Å². The number of benzene rings is 1. The summed E-state index contributed by atoms with van der Waals surface area (Å²) in [4.78, 5) is 36.0. The number of ether oxygens (including phenoxy) is 1. The van der Waals surface area contributed by atoms with Gasteiger partial charge in [0.2, 0.25) is 0 Å². The number of nitro benzene ring substituents is 1. The predicted molar refractivity (Wildman–Crippen MR) is 94.2 cm³/mol. The average molecular weight is 372 g/mol. The van der Waals surface area contributed by atoms with Gasteiger partial charge in [-0.3, -0.25) is 19.8 Å². The van der Waals surface area contributed by atoms with E-state index in [1.807, 2.05) is 0 Å². The number of Topliss-reactive ketones (excluding diaryl/α,β-unsaturated/α-hetero) is 1. The fourth-order valence-corrected chi connectivity index (χ4v) is 2.49. The number of nitrogens with one attached hydrogen (secondary N) is 1. The molecule has 8 nitrogen and oxygen atoms in total. The molecule has 0 unspecified atom stereocenters. The van der Waals surface area contributed by atoms with Crippen molar-refractivity contribution >= 4 is 30.0 Å². The number of hydrogen-bond acceptors (Lipinski definition) is 6. The zero-order valence-electron chi connectivity index (χ0n) is 14.1. The molecule has 138 valence electrons. The lowest BCUT2D eigenvalue weighted by molar-refractivity contribution is -0.384.